The summed E-state index contributed by atoms with van der Waals surface area (Å²) in [5.74, 6) is -0.284. The third kappa shape index (κ3) is 6.46. The molecule has 1 atom stereocenters. The molecule has 0 aliphatic heterocycles. The number of amides is 2. The van der Waals surface area contributed by atoms with E-state index >= 15 is 0 Å². The van der Waals surface area contributed by atoms with Gasteiger partial charge in [0.15, 0.2) is 0 Å². The number of nitrogens with one attached hydrogen (secondary N) is 1. The number of ether oxygens (including phenoxy) is 1. The second kappa shape index (κ2) is 12.8. The van der Waals surface area contributed by atoms with Crippen molar-refractivity contribution in [1.82, 2.24) is 10.2 Å². The standard InChI is InChI=1S/C28H32ClN3O5S/c1-5-25(28(34)30-3)31(18-21-11-9-12-22(17-21)37-4)27(33)19-32(26-16-10-15-24(29)20(26)2)38(35,36)23-13-7-6-8-14-23/h6-17,25H,5,18-19H2,1-4H3,(H,30,34)/t25-/m1/s1. The molecule has 0 bridgehead atoms. The van der Waals surface area contributed by atoms with E-state index in [1.165, 1.54) is 24.1 Å². The van der Waals surface area contributed by atoms with Crippen LogP contribution in [0.15, 0.2) is 77.7 Å². The molecule has 0 aromatic heterocycles. The molecule has 10 heteroatoms. The fourth-order valence-electron chi connectivity index (χ4n) is 4.15. The molecule has 0 heterocycles. The van der Waals surface area contributed by atoms with E-state index in [0.29, 0.717) is 22.8 Å². The van der Waals surface area contributed by atoms with Crippen molar-refractivity contribution in [3.05, 3.63) is 88.9 Å². The highest BCUT2D eigenvalue weighted by Gasteiger charge is 2.34. The predicted octanol–water partition coefficient (Wildman–Crippen LogP) is 4.41. The van der Waals surface area contributed by atoms with Crippen LogP contribution in [0.1, 0.15) is 24.5 Å². The number of hydrogen-bond donors (Lipinski definition) is 1. The highest BCUT2D eigenvalue weighted by Crippen LogP contribution is 2.31. The summed E-state index contributed by atoms with van der Waals surface area (Å²) in [5, 5.41) is 2.98. The maximum atomic E-state index is 14.0. The first kappa shape index (κ1) is 29.0. The molecule has 1 N–H and O–H groups in total. The van der Waals surface area contributed by atoms with Gasteiger partial charge >= 0.3 is 0 Å². The van der Waals surface area contributed by atoms with Crippen LogP contribution >= 0.6 is 11.6 Å². The molecule has 8 nitrogen and oxygen atoms in total. The maximum Gasteiger partial charge on any atom is 0.264 e. The summed E-state index contributed by atoms with van der Waals surface area (Å²) in [6.07, 6.45) is 0.330. The van der Waals surface area contributed by atoms with Gasteiger partial charge in [-0.05, 0) is 60.9 Å². The number of likely N-dealkylation sites (N-methyl/N-ethyl adjacent to an activating group) is 1. The topological polar surface area (TPSA) is 96.0 Å². The van der Waals surface area contributed by atoms with Crippen molar-refractivity contribution >= 4 is 39.1 Å². The van der Waals surface area contributed by atoms with E-state index < -0.39 is 28.5 Å². The number of carbonyl (C=O) groups is 2. The van der Waals surface area contributed by atoms with Crippen molar-refractivity contribution in [3.63, 3.8) is 0 Å². The zero-order valence-electron chi connectivity index (χ0n) is 21.8. The van der Waals surface area contributed by atoms with Crippen LogP contribution in [0.5, 0.6) is 5.75 Å². The summed E-state index contributed by atoms with van der Waals surface area (Å²) in [6.45, 7) is 3.04. The van der Waals surface area contributed by atoms with E-state index in [4.69, 9.17) is 16.3 Å². The zero-order chi connectivity index (χ0) is 27.9. The van der Waals surface area contributed by atoms with Crippen LogP contribution in [0, 0.1) is 6.92 Å². The van der Waals surface area contributed by atoms with Crippen molar-refractivity contribution in [2.75, 3.05) is 25.0 Å². The molecule has 0 fully saturated rings. The lowest BCUT2D eigenvalue weighted by Crippen LogP contribution is -2.51. The summed E-state index contributed by atoms with van der Waals surface area (Å²) in [4.78, 5) is 28.2. The zero-order valence-corrected chi connectivity index (χ0v) is 23.4. The molecule has 3 aromatic carbocycles. The van der Waals surface area contributed by atoms with Gasteiger partial charge in [-0.2, -0.15) is 0 Å². The molecule has 202 valence electrons. The SMILES string of the molecule is CC[C@H](C(=O)NC)N(Cc1cccc(OC)c1)C(=O)CN(c1cccc(Cl)c1C)S(=O)(=O)c1ccccc1. The Morgan fingerprint density at radius 3 is 2.34 bits per heavy atom. The number of anilines is 1. The Morgan fingerprint density at radius 1 is 1.03 bits per heavy atom. The molecular formula is C28H32ClN3O5S. The van der Waals surface area contributed by atoms with Gasteiger partial charge < -0.3 is 15.0 Å². The van der Waals surface area contributed by atoms with E-state index in [9.17, 15) is 18.0 Å². The van der Waals surface area contributed by atoms with Crippen LogP contribution in [-0.2, 0) is 26.2 Å². The van der Waals surface area contributed by atoms with Crippen LogP contribution in [0.25, 0.3) is 0 Å². The van der Waals surface area contributed by atoms with Crippen LogP contribution in [0.3, 0.4) is 0 Å². The quantitative estimate of drug-likeness (QED) is 0.377. The van der Waals surface area contributed by atoms with Crippen LogP contribution in [0.4, 0.5) is 5.69 Å². The second-order valence-corrected chi connectivity index (χ2v) is 10.9. The van der Waals surface area contributed by atoms with Crippen molar-refractivity contribution in [3.8, 4) is 5.75 Å². The van der Waals surface area contributed by atoms with Gasteiger partial charge in [-0.25, -0.2) is 8.42 Å². The van der Waals surface area contributed by atoms with Crippen LogP contribution in [-0.4, -0.2) is 51.9 Å². The summed E-state index contributed by atoms with van der Waals surface area (Å²) >= 11 is 6.34. The Hall–Kier alpha value is -3.56. The lowest BCUT2D eigenvalue weighted by Gasteiger charge is -2.33. The van der Waals surface area contributed by atoms with E-state index in [-0.39, 0.29) is 23.0 Å². The molecule has 0 spiro atoms. The molecule has 0 saturated carbocycles. The van der Waals surface area contributed by atoms with Gasteiger partial charge in [0, 0.05) is 18.6 Å². The molecule has 38 heavy (non-hydrogen) atoms. The van der Waals surface area contributed by atoms with E-state index in [1.807, 2.05) is 6.07 Å². The first-order valence-electron chi connectivity index (χ1n) is 12.1. The number of sulfonamides is 1. The van der Waals surface area contributed by atoms with Crippen molar-refractivity contribution in [2.45, 2.75) is 37.8 Å². The average Bonchev–Trinajstić information content (AvgIpc) is 2.93. The van der Waals surface area contributed by atoms with E-state index in [1.54, 1.807) is 75.6 Å². The van der Waals surface area contributed by atoms with Gasteiger partial charge in [0.1, 0.15) is 18.3 Å². The summed E-state index contributed by atoms with van der Waals surface area (Å²) in [5.41, 5.74) is 1.53. The van der Waals surface area contributed by atoms with Gasteiger partial charge in [-0.1, -0.05) is 54.9 Å². The van der Waals surface area contributed by atoms with Crippen LogP contribution < -0.4 is 14.4 Å². The van der Waals surface area contributed by atoms with Gasteiger partial charge in [0.05, 0.1) is 17.7 Å². The summed E-state index contributed by atoms with van der Waals surface area (Å²) in [6, 6.07) is 19.1. The first-order valence-corrected chi connectivity index (χ1v) is 13.9. The number of rotatable bonds is 11. The Balaban J connectivity index is 2.10. The highest BCUT2D eigenvalue weighted by molar-refractivity contribution is 7.92. The maximum absolute atomic E-state index is 14.0. The average molecular weight is 558 g/mol. The lowest BCUT2D eigenvalue weighted by molar-refractivity contribution is -0.140. The normalized spacial score (nSPS) is 11.9. The third-order valence-electron chi connectivity index (χ3n) is 6.24. The van der Waals surface area contributed by atoms with Crippen molar-refractivity contribution in [2.24, 2.45) is 0 Å². The number of methoxy groups -OCH3 is 1. The molecule has 3 rings (SSSR count). The Morgan fingerprint density at radius 2 is 1.71 bits per heavy atom. The minimum absolute atomic E-state index is 0.0323. The fraction of sp³-hybridized carbons (Fsp3) is 0.286. The van der Waals surface area contributed by atoms with Gasteiger partial charge in [-0.3, -0.25) is 13.9 Å². The molecule has 0 aliphatic rings. The number of hydrogen-bond acceptors (Lipinski definition) is 5. The Bertz CT molecular complexity index is 1380. The molecule has 0 radical (unpaired) electrons. The molecule has 3 aromatic rings. The number of nitrogens with zero attached hydrogens (tertiary/aromatic N) is 2. The highest BCUT2D eigenvalue weighted by atomic mass is 35.5. The van der Waals surface area contributed by atoms with Gasteiger partial charge in [-0.15, -0.1) is 0 Å². The van der Waals surface area contributed by atoms with Crippen molar-refractivity contribution < 1.29 is 22.7 Å². The second-order valence-electron chi connectivity index (χ2n) is 8.62. The molecule has 0 saturated heterocycles. The van der Waals surface area contributed by atoms with Crippen molar-refractivity contribution in [1.29, 1.82) is 0 Å². The Labute approximate surface area is 229 Å². The largest absolute Gasteiger partial charge is 0.497 e. The molecular weight excluding hydrogens is 526 g/mol. The summed E-state index contributed by atoms with van der Waals surface area (Å²) < 4.78 is 34.1. The lowest BCUT2D eigenvalue weighted by atomic mass is 10.1. The predicted molar refractivity (Wildman–Crippen MR) is 149 cm³/mol. The minimum atomic E-state index is -4.16. The number of halogens is 1. The number of carbonyl (C=O) groups excluding carboxylic acids is 2. The number of benzene rings is 3. The van der Waals surface area contributed by atoms with E-state index in [2.05, 4.69) is 5.32 Å². The minimum Gasteiger partial charge on any atom is -0.497 e. The summed E-state index contributed by atoms with van der Waals surface area (Å²) in [7, 11) is -1.11. The molecule has 2 amide bonds. The first-order chi connectivity index (χ1) is 18.1. The monoisotopic (exact) mass is 557 g/mol. The third-order valence-corrected chi connectivity index (χ3v) is 8.42. The molecule has 0 aliphatic carbocycles. The smallest absolute Gasteiger partial charge is 0.264 e. The Kier molecular flexibility index (Phi) is 9.77. The fourth-order valence-corrected chi connectivity index (χ4v) is 5.82. The molecule has 0 unspecified atom stereocenters. The van der Waals surface area contributed by atoms with Crippen LogP contribution in [0.2, 0.25) is 5.02 Å². The van der Waals surface area contributed by atoms with Gasteiger partial charge in [0.2, 0.25) is 11.8 Å². The van der Waals surface area contributed by atoms with E-state index in [0.717, 1.165) is 9.87 Å². The van der Waals surface area contributed by atoms with Gasteiger partial charge in [0.25, 0.3) is 10.0 Å².